The molecule has 10 aromatic rings. The van der Waals surface area contributed by atoms with Gasteiger partial charge in [0.25, 0.3) is 39.1 Å². The first-order chi connectivity index (χ1) is 47.7. The van der Waals surface area contributed by atoms with Crippen LogP contribution in [0.1, 0.15) is 7.43 Å². The number of rotatable bonds is 24. The van der Waals surface area contributed by atoms with E-state index in [-0.39, 0.29) is 79.7 Å². The van der Waals surface area contributed by atoms with Crippen LogP contribution in [0.2, 0.25) is 20.1 Å². The Morgan fingerprint density at radius 2 is 0.710 bits per heavy atom. The number of nitrogens with one attached hydrogen (secondary N) is 4. The van der Waals surface area contributed by atoms with Gasteiger partial charge in [0.15, 0.2) is 7.60 Å². The molecule has 4 aromatic carbocycles. The molecule has 52 heteroatoms. The lowest BCUT2D eigenvalue weighted by Crippen LogP contribution is -2.28. The lowest BCUT2D eigenvalue weighted by molar-refractivity contribution is -0.191. The highest BCUT2D eigenvalue weighted by Gasteiger charge is 2.32. The zero-order valence-electron chi connectivity index (χ0n) is 54.3. The first kappa shape index (κ1) is 103. The highest BCUT2D eigenvalue weighted by Crippen LogP contribution is 2.49. The molecule has 31 nitrogen and oxygen atoms in total. The minimum absolute atomic E-state index is 0. The standard InChI is InChI=1S/C17H14Cl2NO5PS2.C11H11ClNO5PS2.C7H12NO3PS2.C6H5ClO.C5H8NO5PS2.C4H3ClO2S2.C4H5NO2S2.CH4.2H3N.H2O/c18-13-4-1-6-15(10-13)24-26(21,25-16-7-2-5-14(19)11-16)12-20-28(22,23)17-8-3-9-27-17;12-9-3-1-4-10(7-9)18-19(14,15)8-13-21(16,17)11-5-2-6-20-11;1-12(2,9)6-8-14(10,11)7-4-3-5-13-7;7-5-2-1-3-6(8)4-5;7-12(8,9)4-6-14(10,11)5-2-1-3-13-5;2*5-9(6,7)4-2-1-3-8-4;;;;/h1-11,20H,12H2;1-7,13H,8H2,(H,14,15);3-5,8H,6H2,1-2H3;1-4,8H;1-3,6H,4H2,(H2,7,8,9);1-3H;1-3H,(H2,5,6,7);1H4;2*1H3;1H2. The van der Waals surface area contributed by atoms with Crippen LogP contribution in [0.4, 0.5) is 0 Å². The highest BCUT2D eigenvalue weighted by molar-refractivity contribution is 8.15. The van der Waals surface area contributed by atoms with Crippen molar-refractivity contribution in [1.82, 2.24) is 31.2 Å². The summed E-state index contributed by atoms with van der Waals surface area (Å²) in [6.07, 6.45) is -2.31. The van der Waals surface area contributed by atoms with Gasteiger partial charge >= 0.3 is 15.2 Å². The Hall–Kier alpha value is -4.09. The lowest BCUT2D eigenvalue weighted by Gasteiger charge is -2.24. The number of primary sulfonamides is 1. The minimum atomic E-state index is -4.43. The van der Waals surface area contributed by atoms with Gasteiger partial charge in [-0.05, 0) is 155 Å². The number of hydrogen-bond acceptors (Lipinski definition) is 28. The maximum absolute atomic E-state index is 13.3. The highest BCUT2D eigenvalue weighted by atomic mass is 35.7. The van der Waals surface area contributed by atoms with E-state index in [1.54, 1.807) is 124 Å². The molecule has 1 atom stereocenters. The molecule has 1 unspecified atom stereocenters. The van der Waals surface area contributed by atoms with Gasteiger partial charge in [0, 0.05) is 30.8 Å². The van der Waals surface area contributed by atoms with Crippen LogP contribution >= 0.6 is 155 Å². The second-order valence-corrected chi connectivity index (χ2v) is 48.1. The first-order valence-electron chi connectivity index (χ1n) is 27.1. The molecule has 0 radical (unpaired) electrons. The smallest absolute Gasteiger partial charge is 0.445 e. The molecule has 107 heavy (non-hydrogen) atoms. The van der Waals surface area contributed by atoms with Crippen LogP contribution in [0, 0.1) is 0 Å². The quantitative estimate of drug-likeness (QED) is 0.0198. The molecule has 6 aromatic heterocycles. The van der Waals surface area contributed by atoms with Crippen molar-refractivity contribution in [3.8, 4) is 23.0 Å². The Kier molecular flexibility index (Phi) is 45.0. The fraction of sp³-hybridized carbons (Fsp3) is 0.127. The van der Waals surface area contributed by atoms with Gasteiger partial charge in [0.05, 0.1) is 19.7 Å². The molecule has 0 saturated heterocycles. The Balaban J connectivity index is 0.00000127. The zero-order valence-corrected chi connectivity index (χ0v) is 71.5. The van der Waals surface area contributed by atoms with E-state index in [1.807, 2.05) is 9.44 Å². The third-order valence-electron chi connectivity index (χ3n) is 10.5. The van der Waals surface area contributed by atoms with Gasteiger partial charge in [0.1, 0.15) is 60.8 Å². The second kappa shape index (κ2) is 46.8. The van der Waals surface area contributed by atoms with Crippen molar-refractivity contribution < 1.29 is 108 Å². The van der Waals surface area contributed by atoms with Crippen LogP contribution in [0.25, 0.3) is 0 Å². The molecule has 596 valence electrons. The first-order valence-corrected chi connectivity index (χ1v) is 51.7. The van der Waals surface area contributed by atoms with E-state index in [4.69, 9.17) is 90.7 Å². The third-order valence-corrected chi connectivity index (χ3v) is 32.9. The van der Waals surface area contributed by atoms with E-state index >= 15 is 0 Å². The van der Waals surface area contributed by atoms with Gasteiger partial charge in [-0.1, -0.05) is 114 Å². The molecule has 0 fully saturated rings. The van der Waals surface area contributed by atoms with Crippen LogP contribution in [0.5, 0.6) is 23.0 Å². The number of hydrogen-bond donors (Lipinski definition) is 10. The number of phenols is 1. The fourth-order valence-corrected chi connectivity index (χ4v) is 24.3. The number of nitrogens with two attached hydrogens (primary N) is 1. The van der Waals surface area contributed by atoms with Crippen LogP contribution < -0.4 is 54.8 Å². The van der Waals surface area contributed by atoms with E-state index < -0.39 is 108 Å². The Labute approximate surface area is 667 Å². The molecule has 0 saturated carbocycles. The number of thiophene rings is 6. The van der Waals surface area contributed by atoms with Crippen molar-refractivity contribution in [2.24, 2.45) is 5.14 Å². The Morgan fingerprint density at radius 1 is 0.430 bits per heavy atom. The number of quaternary nitrogens is 1. The monoisotopic (exact) mass is 1890 g/mol. The Morgan fingerprint density at radius 3 is 0.953 bits per heavy atom. The van der Waals surface area contributed by atoms with Gasteiger partial charge in [-0.3, -0.25) is 9.13 Å². The summed E-state index contributed by atoms with van der Waals surface area (Å²) in [6, 6.07) is 43.0. The van der Waals surface area contributed by atoms with E-state index in [1.165, 1.54) is 91.0 Å². The summed E-state index contributed by atoms with van der Waals surface area (Å²) in [5.74, 6) is 0.579. The zero-order chi connectivity index (χ0) is 77.1. The largest absolute Gasteiger partial charge is 0.768 e. The molecule has 0 aliphatic heterocycles. The summed E-state index contributed by atoms with van der Waals surface area (Å²) >= 11 is 29.4. The predicted octanol–water partition coefficient (Wildman–Crippen LogP) is 14.1. The third kappa shape index (κ3) is 41.3. The summed E-state index contributed by atoms with van der Waals surface area (Å²) in [4.78, 5) is 28.7. The summed E-state index contributed by atoms with van der Waals surface area (Å²) < 4.78 is 208. The summed E-state index contributed by atoms with van der Waals surface area (Å²) in [5, 5.41) is 24.9. The molecule has 0 amide bonds. The lowest BCUT2D eigenvalue weighted by atomic mass is 10.3. The van der Waals surface area contributed by atoms with Gasteiger partial charge in [0.2, 0.25) is 20.0 Å². The fourth-order valence-electron chi connectivity index (χ4n) is 6.16. The molecule has 0 bridgehead atoms. The van der Waals surface area contributed by atoms with Gasteiger partial charge in [-0.15, -0.1) is 68.0 Å². The predicted molar refractivity (Wildman–Crippen MR) is 429 cm³/mol. The van der Waals surface area contributed by atoms with Crippen molar-refractivity contribution in [3.05, 3.63) is 222 Å². The van der Waals surface area contributed by atoms with E-state index in [0.717, 1.165) is 68.0 Å². The van der Waals surface area contributed by atoms with Crippen LogP contribution in [-0.4, -0.2) is 109 Å². The minimum Gasteiger partial charge on any atom is -0.768 e. The van der Waals surface area contributed by atoms with Crippen molar-refractivity contribution in [1.29, 1.82) is 0 Å². The van der Waals surface area contributed by atoms with Gasteiger partial charge in [-0.2, -0.15) is 9.44 Å². The average molecular weight is 1900 g/mol. The second-order valence-electron chi connectivity index (χ2n) is 19.4. The molecular weight excluding hydrogens is 1830 g/mol. The maximum Gasteiger partial charge on any atom is 0.445 e. The number of sulfonamides is 5. The molecular formula is C55H70Cl5N7O24P4S12. The normalized spacial score (nSPS) is 12.0. The summed E-state index contributed by atoms with van der Waals surface area (Å²) in [5.41, 5.74) is 0. The summed E-state index contributed by atoms with van der Waals surface area (Å²) in [7, 11) is -32.0. The number of phenolic OH excluding ortho intramolecular Hbond substituents is 1. The molecule has 0 spiro atoms. The van der Waals surface area contributed by atoms with E-state index in [2.05, 4.69) is 9.44 Å². The molecule has 0 aliphatic rings. The molecule has 0 aliphatic carbocycles. The Bertz CT molecular complexity index is 5000. The average Bonchev–Trinajstić information content (AvgIpc) is 1.40. The van der Waals surface area contributed by atoms with Crippen LogP contribution in [-0.2, 0) is 77.4 Å². The number of aromatic hydroxyl groups is 1. The van der Waals surface area contributed by atoms with Crippen LogP contribution in [0.15, 0.2) is 227 Å². The molecule has 10 rings (SSSR count). The van der Waals surface area contributed by atoms with Crippen molar-refractivity contribution in [2.75, 3.05) is 38.5 Å². The number of benzene rings is 4. The van der Waals surface area contributed by atoms with E-state index in [9.17, 15) is 73.7 Å². The number of halogens is 5. The topological polar surface area (TPSA) is 562 Å². The van der Waals surface area contributed by atoms with Crippen LogP contribution in [0.3, 0.4) is 0 Å². The molecule has 18 N–H and O–H groups in total. The van der Waals surface area contributed by atoms with E-state index in [0.29, 0.717) is 20.1 Å². The maximum atomic E-state index is 13.3. The van der Waals surface area contributed by atoms with Crippen molar-refractivity contribution in [2.45, 2.75) is 32.7 Å². The SMILES string of the molecule is C.CP(C)(=O)CNS(=O)(=O)c1cccs1.N.NS(=O)(=O)c1cccs1.O.O=P(CNS(=O)(=O)c1cccs1)(Oc1cccc(Cl)c1)Oc1cccc(Cl)c1.O=P(O)(O)CNS(=O)(=O)c1cccs1.O=P([O-])(CNS(=O)(=O)c1cccs1)Oc1cccc(Cl)c1.O=S(=O)(Cl)c1cccs1.Oc1cccc(Cl)c1.[NH4+]. The van der Waals surface area contributed by atoms with Crippen molar-refractivity contribution in [3.63, 3.8) is 0 Å². The van der Waals surface area contributed by atoms with Gasteiger partial charge < -0.3 is 55.7 Å². The summed E-state index contributed by atoms with van der Waals surface area (Å²) in [6.45, 7) is 3.09. The van der Waals surface area contributed by atoms with Crippen molar-refractivity contribution >= 4 is 214 Å². The molecule has 6 heterocycles. The van der Waals surface area contributed by atoms with Gasteiger partial charge in [-0.25, -0.2) is 69.7 Å².